The van der Waals surface area contributed by atoms with E-state index in [1.165, 1.54) is 0 Å². The van der Waals surface area contributed by atoms with Crippen LogP contribution in [0.2, 0.25) is 0 Å². The first kappa shape index (κ1) is 16.7. The Balaban J connectivity index is 2.16. The van der Waals surface area contributed by atoms with E-state index in [-0.39, 0.29) is 24.8 Å². The summed E-state index contributed by atoms with van der Waals surface area (Å²) in [6.45, 7) is 4.67. The summed E-state index contributed by atoms with van der Waals surface area (Å²) in [5.74, 6) is -0.889. The lowest BCUT2D eigenvalue weighted by atomic mass is 10.1. The predicted molar refractivity (Wildman–Crippen MR) is 87.0 cm³/mol. The first-order valence-electron chi connectivity index (χ1n) is 7.59. The molecule has 1 amide bonds. The Bertz CT molecular complexity index is 665. The Morgan fingerprint density at radius 3 is 2.57 bits per heavy atom. The van der Waals surface area contributed by atoms with Crippen LogP contribution in [0.3, 0.4) is 0 Å². The molecule has 2 N–H and O–H groups in total. The number of nitrogens with one attached hydrogen (secondary N) is 1. The molecule has 2 rings (SSSR count). The number of carbonyl (C=O) groups is 2. The quantitative estimate of drug-likeness (QED) is 0.822. The summed E-state index contributed by atoms with van der Waals surface area (Å²) in [4.78, 5) is 24.9. The highest BCUT2D eigenvalue weighted by molar-refractivity contribution is 5.93. The Morgan fingerprint density at radius 2 is 1.96 bits per heavy atom. The van der Waals surface area contributed by atoms with E-state index in [9.17, 15) is 9.59 Å². The lowest BCUT2D eigenvalue weighted by Crippen LogP contribution is -2.36. The van der Waals surface area contributed by atoms with Gasteiger partial charge in [-0.05, 0) is 12.0 Å². The van der Waals surface area contributed by atoms with Gasteiger partial charge in [-0.25, -0.2) is 0 Å². The monoisotopic (exact) mass is 315 g/mol. The number of aromatic amines is 1. The molecule has 0 saturated carbocycles. The van der Waals surface area contributed by atoms with E-state index >= 15 is 0 Å². The molecule has 0 bridgehead atoms. The minimum atomic E-state index is -0.916. The molecule has 0 aliphatic heterocycles. The SMILES string of the molecule is CC(C)CN(CCC(=O)O)C(=O)c1cc(-c2ccccc2)n[nH]1. The molecule has 0 atom stereocenters. The maximum Gasteiger partial charge on any atom is 0.305 e. The molecule has 1 aromatic heterocycles. The number of carbonyl (C=O) groups excluding carboxylic acids is 1. The van der Waals surface area contributed by atoms with Gasteiger partial charge < -0.3 is 10.0 Å². The summed E-state index contributed by atoms with van der Waals surface area (Å²) in [6.07, 6.45) is -0.0713. The molecule has 0 radical (unpaired) electrons. The van der Waals surface area contributed by atoms with E-state index in [2.05, 4.69) is 10.2 Å². The van der Waals surface area contributed by atoms with Gasteiger partial charge in [0, 0.05) is 18.7 Å². The van der Waals surface area contributed by atoms with Crippen molar-refractivity contribution in [1.29, 1.82) is 0 Å². The third-order valence-electron chi connectivity index (χ3n) is 3.35. The number of carboxylic acid groups (broad SMARTS) is 1. The Hall–Kier alpha value is -2.63. The van der Waals surface area contributed by atoms with Crippen molar-refractivity contribution in [1.82, 2.24) is 15.1 Å². The minimum absolute atomic E-state index is 0.0713. The van der Waals surface area contributed by atoms with E-state index in [1.807, 2.05) is 44.2 Å². The van der Waals surface area contributed by atoms with Crippen molar-refractivity contribution < 1.29 is 14.7 Å². The predicted octanol–water partition coefficient (Wildman–Crippen LogP) is 2.65. The molecule has 0 fully saturated rings. The Kier molecular flexibility index (Phi) is 5.51. The van der Waals surface area contributed by atoms with E-state index < -0.39 is 5.97 Å². The lowest BCUT2D eigenvalue weighted by Gasteiger charge is -2.23. The topological polar surface area (TPSA) is 86.3 Å². The number of benzene rings is 1. The fourth-order valence-corrected chi connectivity index (χ4v) is 2.31. The van der Waals surface area contributed by atoms with Crippen LogP contribution in [0, 0.1) is 5.92 Å². The Labute approximate surface area is 135 Å². The molecule has 0 unspecified atom stereocenters. The van der Waals surface area contributed by atoms with E-state index in [0.29, 0.717) is 17.9 Å². The number of carboxylic acids is 1. The van der Waals surface area contributed by atoms with Crippen molar-refractivity contribution in [3.63, 3.8) is 0 Å². The van der Waals surface area contributed by atoms with Gasteiger partial charge in [-0.2, -0.15) is 5.10 Å². The van der Waals surface area contributed by atoms with Crippen molar-refractivity contribution in [2.24, 2.45) is 5.92 Å². The number of amides is 1. The molecule has 1 aromatic carbocycles. The summed E-state index contributed by atoms with van der Waals surface area (Å²) in [7, 11) is 0. The van der Waals surface area contributed by atoms with Crippen LogP contribution in [0.15, 0.2) is 36.4 Å². The molecular weight excluding hydrogens is 294 g/mol. The molecule has 6 heteroatoms. The second-order valence-electron chi connectivity index (χ2n) is 5.82. The summed E-state index contributed by atoms with van der Waals surface area (Å²) in [6, 6.07) is 11.3. The van der Waals surface area contributed by atoms with E-state index in [1.54, 1.807) is 11.0 Å². The zero-order valence-electron chi connectivity index (χ0n) is 13.3. The number of hydrogen-bond donors (Lipinski definition) is 2. The van der Waals surface area contributed by atoms with Crippen molar-refractivity contribution in [2.45, 2.75) is 20.3 Å². The molecule has 122 valence electrons. The number of aromatic nitrogens is 2. The number of aliphatic carboxylic acids is 1. The van der Waals surface area contributed by atoms with Crippen molar-refractivity contribution in [2.75, 3.05) is 13.1 Å². The summed E-state index contributed by atoms with van der Waals surface area (Å²) < 4.78 is 0. The second-order valence-corrected chi connectivity index (χ2v) is 5.82. The molecule has 23 heavy (non-hydrogen) atoms. The fourth-order valence-electron chi connectivity index (χ4n) is 2.31. The highest BCUT2D eigenvalue weighted by Crippen LogP contribution is 2.18. The Morgan fingerprint density at radius 1 is 1.26 bits per heavy atom. The maximum absolute atomic E-state index is 12.6. The van der Waals surface area contributed by atoms with Crippen LogP contribution in [0.4, 0.5) is 0 Å². The number of hydrogen-bond acceptors (Lipinski definition) is 3. The zero-order valence-corrected chi connectivity index (χ0v) is 13.3. The molecule has 1 heterocycles. The molecule has 0 saturated heterocycles. The summed E-state index contributed by atoms with van der Waals surface area (Å²) in [5, 5.41) is 15.8. The molecule has 2 aromatic rings. The molecule has 0 aliphatic carbocycles. The molecule has 6 nitrogen and oxygen atoms in total. The molecule has 0 aliphatic rings. The second kappa shape index (κ2) is 7.58. The van der Waals surface area contributed by atoms with Crippen LogP contribution in [0.25, 0.3) is 11.3 Å². The van der Waals surface area contributed by atoms with Crippen LogP contribution < -0.4 is 0 Å². The smallest absolute Gasteiger partial charge is 0.305 e. The van der Waals surface area contributed by atoms with Crippen LogP contribution >= 0.6 is 0 Å². The van der Waals surface area contributed by atoms with Gasteiger partial charge in [0.05, 0.1) is 12.1 Å². The van der Waals surface area contributed by atoms with Gasteiger partial charge in [0.2, 0.25) is 0 Å². The lowest BCUT2D eigenvalue weighted by molar-refractivity contribution is -0.137. The van der Waals surface area contributed by atoms with Gasteiger partial charge in [-0.3, -0.25) is 14.7 Å². The number of nitrogens with zero attached hydrogens (tertiary/aromatic N) is 2. The van der Waals surface area contributed by atoms with Crippen molar-refractivity contribution in [3.8, 4) is 11.3 Å². The van der Waals surface area contributed by atoms with Gasteiger partial charge >= 0.3 is 5.97 Å². The summed E-state index contributed by atoms with van der Waals surface area (Å²) >= 11 is 0. The number of rotatable bonds is 7. The summed E-state index contributed by atoms with van der Waals surface area (Å²) in [5.41, 5.74) is 1.98. The maximum atomic E-state index is 12.6. The first-order chi connectivity index (χ1) is 11.0. The van der Waals surface area contributed by atoms with Crippen molar-refractivity contribution in [3.05, 3.63) is 42.1 Å². The normalized spacial score (nSPS) is 10.7. The average molecular weight is 315 g/mol. The van der Waals surface area contributed by atoms with Crippen LogP contribution in [0.5, 0.6) is 0 Å². The van der Waals surface area contributed by atoms with Gasteiger partial charge in [0.1, 0.15) is 5.69 Å². The first-order valence-corrected chi connectivity index (χ1v) is 7.59. The highest BCUT2D eigenvalue weighted by Gasteiger charge is 2.20. The van der Waals surface area contributed by atoms with E-state index in [0.717, 1.165) is 5.56 Å². The van der Waals surface area contributed by atoms with Gasteiger partial charge in [0.25, 0.3) is 5.91 Å². The third-order valence-corrected chi connectivity index (χ3v) is 3.35. The molecule has 0 spiro atoms. The van der Waals surface area contributed by atoms with E-state index in [4.69, 9.17) is 5.11 Å². The van der Waals surface area contributed by atoms with Crippen LogP contribution in [0.1, 0.15) is 30.8 Å². The van der Waals surface area contributed by atoms with Crippen LogP contribution in [-0.4, -0.2) is 45.2 Å². The van der Waals surface area contributed by atoms with Gasteiger partial charge in [-0.1, -0.05) is 44.2 Å². The fraction of sp³-hybridized carbons (Fsp3) is 0.353. The third kappa shape index (κ3) is 4.67. The standard InChI is InChI=1S/C17H21N3O3/c1-12(2)11-20(9-8-16(21)22)17(23)15-10-14(18-19-15)13-6-4-3-5-7-13/h3-7,10,12H,8-9,11H2,1-2H3,(H,18,19)(H,21,22). The molecular formula is C17H21N3O3. The van der Waals surface area contributed by atoms with Gasteiger partial charge in [0.15, 0.2) is 0 Å². The van der Waals surface area contributed by atoms with Crippen molar-refractivity contribution >= 4 is 11.9 Å². The zero-order chi connectivity index (χ0) is 16.8. The number of H-pyrrole nitrogens is 1. The van der Waals surface area contributed by atoms with Gasteiger partial charge in [-0.15, -0.1) is 0 Å². The minimum Gasteiger partial charge on any atom is -0.481 e. The average Bonchev–Trinajstić information content (AvgIpc) is 3.01. The van der Waals surface area contributed by atoms with Crippen LogP contribution in [-0.2, 0) is 4.79 Å². The highest BCUT2D eigenvalue weighted by atomic mass is 16.4. The largest absolute Gasteiger partial charge is 0.481 e.